The predicted octanol–water partition coefficient (Wildman–Crippen LogP) is 3.33. The van der Waals surface area contributed by atoms with E-state index in [0.717, 1.165) is 6.42 Å². The zero-order chi connectivity index (χ0) is 14.8. The maximum atomic E-state index is 14.0. The van der Waals surface area contributed by atoms with Gasteiger partial charge in [-0.3, -0.25) is 0 Å². The standard InChI is InChI=1S/C14H21BrF2N2/c1-5-14(2,19(3)4)12(18)8-9-11(16)7-6-10(15)13(9)17/h6-7,12H,5,8,18H2,1-4H3. The first-order valence-electron chi connectivity index (χ1n) is 6.29. The Morgan fingerprint density at radius 1 is 1.37 bits per heavy atom. The van der Waals surface area contributed by atoms with E-state index in [2.05, 4.69) is 15.9 Å². The number of rotatable bonds is 5. The number of nitrogens with zero attached hydrogens (tertiary/aromatic N) is 1. The van der Waals surface area contributed by atoms with Gasteiger partial charge in [0.2, 0.25) is 0 Å². The summed E-state index contributed by atoms with van der Waals surface area (Å²) in [5.74, 6) is -1.11. The van der Waals surface area contributed by atoms with Crippen LogP contribution in [0.15, 0.2) is 16.6 Å². The monoisotopic (exact) mass is 334 g/mol. The Morgan fingerprint density at radius 2 is 1.95 bits per heavy atom. The minimum absolute atomic E-state index is 0.0448. The summed E-state index contributed by atoms with van der Waals surface area (Å²) in [5.41, 5.74) is 5.93. The van der Waals surface area contributed by atoms with Gasteiger partial charge >= 0.3 is 0 Å². The fraction of sp³-hybridized carbons (Fsp3) is 0.571. The largest absolute Gasteiger partial charge is 0.326 e. The van der Waals surface area contributed by atoms with Crippen molar-refractivity contribution in [2.45, 2.75) is 38.3 Å². The number of nitrogens with two attached hydrogens (primary N) is 1. The van der Waals surface area contributed by atoms with Crippen molar-refractivity contribution < 1.29 is 8.78 Å². The molecule has 0 aliphatic rings. The molecule has 0 amide bonds. The van der Waals surface area contributed by atoms with Crippen LogP contribution in [0.4, 0.5) is 8.78 Å². The van der Waals surface area contributed by atoms with Gasteiger partial charge in [-0.05, 0) is 61.9 Å². The Labute approximate surface area is 122 Å². The normalized spacial score (nSPS) is 16.5. The second-order valence-electron chi connectivity index (χ2n) is 5.24. The number of hydrogen-bond donors (Lipinski definition) is 1. The molecule has 0 aliphatic carbocycles. The van der Waals surface area contributed by atoms with Crippen LogP contribution in [0.3, 0.4) is 0 Å². The van der Waals surface area contributed by atoms with Gasteiger partial charge in [0.15, 0.2) is 0 Å². The molecule has 1 rings (SSSR count). The Bertz CT molecular complexity index is 451. The molecule has 0 saturated carbocycles. The van der Waals surface area contributed by atoms with Crippen molar-refractivity contribution in [3.05, 3.63) is 33.8 Å². The van der Waals surface area contributed by atoms with Crippen molar-refractivity contribution in [3.63, 3.8) is 0 Å². The number of benzene rings is 1. The molecular formula is C14H21BrF2N2. The fourth-order valence-corrected chi connectivity index (χ4v) is 2.48. The molecule has 1 aromatic rings. The van der Waals surface area contributed by atoms with Crippen LogP contribution >= 0.6 is 15.9 Å². The lowest BCUT2D eigenvalue weighted by molar-refractivity contribution is 0.130. The summed E-state index contributed by atoms with van der Waals surface area (Å²) >= 11 is 3.07. The van der Waals surface area contributed by atoms with E-state index in [4.69, 9.17) is 5.73 Å². The van der Waals surface area contributed by atoms with Crippen molar-refractivity contribution in [3.8, 4) is 0 Å². The SMILES string of the molecule is CCC(C)(C(N)Cc1c(F)ccc(Br)c1F)N(C)C. The van der Waals surface area contributed by atoms with E-state index in [9.17, 15) is 8.78 Å². The average molecular weight is 335 g/mol. The maximum absolute atomic E-state index is 14.0. The molecule has 0 heterocycles. The minimum atomic E-state index is -0.562. The van der Waals surface area contributed by atoms with Gasteiger partial charge in [0.1, 0.15) is 11.6 Å². The first-order chi connectivity index (χ1) is 8.74. The van der Waals surface area contributed by atoms with Crippen molar-refractivity contribution in [1.29, 1.82) is 0 Å². The van der Waals surface area contributed by atoms with Crippen LogP contribution in [0.2, 0.25) is 0 Å². The van der Waals surface area contributed by atoms with Crippen molar-refractivity contribution in [2.75, 3.05) is 14.1 Å². The summed E-state index contributed by atoms with van der Waals surface area (Å²) in [5, 5.41) is 0. The third-order valence-corrected chi connectivity index (χ3v) is 4.71. The number of hydrogen-bond acceptors (Lipinski definition) is 2. The third kappa shape index (κ3) is 3.33. The summed E-state index contributed by atoms with van der Waals surface area (Å²) in [7, 11) is 3.86. The Hall–Kier alpha value is -0.520. The van der Waals surface area contributed by atoms with Gasteiger partial charge in [0, 0.05) is 17.1 Å². The molecule has 108 valence electrons. The van der Waals surface area contributed by atoms with E-state index in [1.165, 1.54) is 12.1 Å². The molecular weight excluding hydrogens is 314 g/mol. The Morgan fingerprint density at radius 3 is 2.42 bits per heavy atom. The molecule has 0 aliphatic heterocycles. The van der Waals surface area contributed by atoms with E-state index in [1.54, 1.807) is 0 Å². The highest BCUT2D eigenvalue weighted by Crippen LogP contribution is 2.27. The van der Waals surface area contributed by atoms with Gasteiger partial charge in [-0.1, -0.05) is 6.92 Å². The topological polar surface area (TPSA) is 29.3 Å². The first kappa shape index (κ1) is 16.5. The molecule has 0 saturated heterocycles. The lowest BCUT2D eigenvalue weighted by Crippen LogP contribution is -2.56. The van der Waals surface area contributed by atoms with E-state index < -0.39 is 11.6 Å². The van der Waals surface area contributed by atoms with Crippen molar-refractivity contribution >= 4 is 15.9 Å². The van der Waals surface area contributed by atoms with Crippen LogP contribution in [0.1, 0.15) is 25.8 Å². The molecule has 2 unspecified atom stereocenters. The molecule has 2 atom stereocenters. The highest BCUT2D eigenvalue weighted by Gasteiger charge is 2.33. The molecule has 5 heteroatoms. The maximum Gasteiger partial charge on any atom is 0.143 e. The Balaban J connectivity index is 3.06. The van der Waals surface area contributed by atoms with Crippen LogP contribution in [-0.2, 0) is 6.42 Å². The zero-order valence-electron chi connectivity index (χ0n) is 11.8. The molecule has 2 N–H and O–H groups in total. The van der Waals surface area contributed by atoms with Crippen LogP contribution in [0.5, 0.6) is 0 Å². The molecule has 0 spiro atoms. The van der Waals surface area contributed by atoms with Crippen molar-refractivity contribution in [1.82, 2.24) is 4.90 Å². The lowest BCUT2D eigenvalue weighted by Gasteiger charge is -2.41. The first-order valence-corrected chi connectivity index (χ1v) is 7.08. The van der Waals surface area contributed by atoms with E-state index in [1.807, 2.05) is 32.8 Å². The van der Waals surface area contributed by atoms with Gasteiger partial charge in [-0.25, -0.2) is 8.78 Å². The van der Waals surface area contributed by atoms with Crippen molar-refractivity contribution in [2.24, 2.45) is 5.73 Å². The van der Waals surface area contributed by atoms with Crippen LogP contribution in [0.25, 0.3) is 0 Å². The van der Waals surface area contributed by atoms with Crippen LogP contribution < -0.4 is 5.73 Å². The molecule has 0 radical (unpaired) electrons. The van der Waals surface area contributed by atoms with E-state index >= 15 is 0 Å². The summed E-state index contributed by atoms with van der Waals surface area (Å²) < 4.78 is 28.0. The van der Waals surface area contributed by atoms with Gasteiger partial charge in [0.25, 0.3) is 0 Å². The smallest absolute Gasteiger partial charge is 0.143 e. The second kappa shape index (κ2) is 6.29. The second-order valence-corrected chi connectivity index (χ2v) is 6.09. The molecule has 0 bridgehead atoms. The summed E-state index contributed by atoms with van der Waals surface area (Å²) in [6.07, 6.45) is 0.970. The highest BCUT2D eigenvalue weighted by atomic mass is 79.9. The fourth-order valence-electron chi connectivity index (χ4n) is 2.11. The molecule has 19 heavy (non-hydrogen) atoms. The van der Waals surface area contributed by atoms with Crippen LogP contribution in [0, 0.1) is 11.6 Å². The Kier molecular flexibility index (Phi) is 5.47. The molecule has 0 aromatic heterocycles. The highest BCUT2D eigenvalue weighted by molar-refractivity contribution is 9.10. The summed E-state index contributed by atoms with van der Waals surface area (Å²) in [6.45, 7) is 4.03. The summed E-state index contributed by atoms with van der Waals surface area (Å²) in [6, 6.07) is 2.27. The molecule has 1 aromatic carbocycles. The van der Waals surface area contributed by atoms with Gasteiger partial charge in [-0.15, -0.1) is 0 Å². The summed E-state index contributed by atoms with van der Waals surface area (Å²) in [4.78, 5) is 2.01. The number of likely N-dealkylation sites (N-methyl/N-ethyl adjacent to an activating group) is 1. The average Bonchev–Trinajstić information content (AvgIpc) is 2.37. The quantitative estimate of drug-likeness (QED) is 0.837. The minimum Gasteiger partial charge on any atom is -0.326 e. The zero-order valence-corrected chi connectivity index (χ0v) is 13.4. The van der Waals surface area contributed by atoms with Gasteiger partial charge in [-0.2, -0.15) is 0 Å². The van der Waals surface area contributed by atoms with E-state index in [-0.39, 0.29) is 28.0 Å². The van der Waals surface area contributed by atoms with Gasteiger partial charge < -0.3 is 10.6 Å². The third-order valence-electron chi connectivity index (χ3n) is 4.10. The number of halogens is 3. The van der Waals surface area contributed by atoms with Crippen LogP contribution in [-0.4, -0.2) is 30.6 Å². The van der Waals surface area contributed by atoms with Gasteiger partial charge in [0.05, 0.1) is 4.47 Å². The molecule has 2 nitrogen and oxygen atoms in total. The predicted molar refractivity (Wildman–Crippen MR) is 78.1 cm³/mol. The van der Waals surface area contributed by atoms with E-state index in [0.29, 0.717) is 0 Å². The molecule has 0 fully saturated rings. The lowest BCUT2D eigenvalue weighted by atomic mass is 9.84.